The number of hydrogen-bond acceptors (Lipinski definition) is 5. The van der Waals surface area contributed by atoms with Gasteiger partial charge in [-0.1, -0.05) is 11.2 Å². The van der Waals surface area contributed by atoms with E-state index in [0.29, 0.717) is 30.4 Å². The Morgan fingerprint density at radius 3 is 2.71 bits per heavy atom. The van der Waals surface area contributed by atoms with Gasteiger partial charge in [-0.3, -0.25) is 9.98 Å². The van der Waals surface area contributed by atoms with Crippen molar-refractivity contribution in [2.45, 2.75) is 19.0 Å². The molecule has 0 aromatic carbocycles. The summed E-state index contributed by atoms with van der Waals surface area (Å²) < 4.78 is 41.4. The lowest BCUT2D eigenvalue weighted by molar-refractivity contribution is -0.132. The topological polar surface area (TPSA) is 88.2 Å². The Balaban J connectivity index is 1.76. The Bertz CT molecular complexity index is 656. The highest BCUT2D eigenvalue weighted by Gasteiger charge is 2.26. The number of hydrogen-bond donors (Lipinski definition) is 2. The van der Waals surface area contributed by atoms with Gasteiger partial charge in [-0.2, -0.15) is 18.2 Å². The third kappa shape index (κ3) is 5.86. The van der Waals surface area contributed by atoms with Crippen LogP contribution >= 0.6 is 0 Å². The highest BCUT2D eigenvalue weighted by atomic mass is 19.4. The molecule has 0 aliphatic heterocycles. The van der Waals surface area contributed by atoms with Crippen molar-refractivity contribution >= 4 is 5.96 Å². The van der Waals surface area contributed by atoms with Gasteiger partial charge >= 0.3 is 6.18 Å². The molecule has 0 aliphatic carbocycles. The van der Waals surface area contributed by atoms with Crippen molar-refractivity contribution in [3.63, 3.8) is 0 Å². The van der Waals surface area contributed by atoms with E-state index >= 15 is 0 Å². The fourth-order valence-electron chi connectivity index (χ4n) is 1.78. The third-order valence-electron chi connectivity index (χ3n) is 2.92. The molecule has 0 saturated heterocycles. The van der Waals surface area contributed by atoms with Crippen molar-refractivity contribution in [2.75, 3.05) is 20.1 Å². The van der Waals surface area contributed by atoms with Crippen LogP contribution in [0.25, 0.3) is 11.6 Å². The predicted octanol–water partition coefficient (Wildman–Crippen LogP) is 1.79. The third-order valence-corrected chi connectivity index (χ3v) is 2.92. The van der Waals surface area contributed by atoms with Crippen LogP contribution in [0.15, 0.2) is 33.9 Å². The van der Waals surface area contributed by atoms with E-state index in [4.69, 9.17) is 4.52 Å². The molecule has 0 spiro atoms. The largest absolute Gasteiger partial charge is 0.390 e. The van der Waals surface area contributed by atoms with E-state index in [0.717, 1.165) is 0 Å². The lowest BCUT2D eigenvalue weighted by Gasteiger charge is -2.12. The maximum Gasteiger partial charge on any atom is 0.390 e. The number of alkyl halides is 3. The summed E-state index contributed by atoms with van der Waals surface area (Å²) >= 11 is 0. The van der Waals surface area contributed by atoms with Gasteiger partial charge in [0.05, 0.1) is 6.42 Å². The lowest BCUT2D eigenvalue weighted by atomic mass is 10.3. The Morgan fingerprint density at radius 2 is 2.04 bits per heavy atom. The zero-order chi connectivity index (χ0) is 17.4. The van der Waals surface area contributed by atoms with E-state index in [2.05, 4.69) is 30.8 Å². The normalized spacial score (nSPS) is 12.2. The highest BCUT2D eigenvalue weighted by Crippen LogP contribution is 2.18. The van der Waals surface area contributed by atoms with Gasteiger partial charge in [0.25, 0.3) is 5.89 Å². The van der Waals surface area contributed by atoms with Gasteiger partial charge in [0, 0.05) is 32.8 Å². The fourth-order valence-corrected chi connectivity index (χ4v) is 1.78. The first-order valence-electron chi connectivity index (χ1n) is 7.23. The number of halogens is 3. The summed E-state index contributed by atoms with van der Waals surface area (Å²) in [6.07, 6.45) is -3.07. The van der Waals surface area contributed by atoms with Gasteiger partial charge in [0.2, 0.25) is 0 Å². The van der Waals surface area contributed by atoms with E-state index < -0.39 is 12.6 Å². The van der Waals surface area contributed by atoms with Crippen molar-refractivity contribution in [2.24, 2.45) is 4.99 Å². The molecular weight excluding hydrogens is 325 g/mol. The van der Waals surface area contributed by atoms with Crippen LogP contribution in [-0.2, 0) is 6.42 Å². The zero-order valence-electron chi connectivity index (χ0n) is 13.0. The van der Waals surface area contributed by atoms with Crippen LogP contribution in [0.5, 0.6) is 0 Å². The van der Waals surface area contributed by atoms with Crippen molar-refractivity contribution in [3.05, 3.63) is 30.2 Å². The molecule has 0 saturated carbocycles. The fraction of sp³-hybridized carbons (Fsp3) is 0.429. The molecule has 2 aromatic rings. The van der Waals surface area contributed by atoms with Crippen LogP contribution in [-0.4, -0.2) is 47.4 Å². The average Bonchev–Trinajstić information content (AvgIpc) is 3.02. The van der Waals surface area contributed by atoms with Crippen molar-refractivity contribution < 1.29 is 17.7 Å². The summed E-state index contributed by atoms with van der Waals surface area (Å²) in [5.74, 6) is 1.07. The minimum absolute atomic E-state index is 0.241. The van der Waals surface area contributed by atoms with Gasteiger partial charge in [0.1, 0.15) is 5.69 Å². The van der Waals surface area contributed by atoms with Gasteiger partial charge in [-0.25, -0.2) is 0 Å². The van der Waals surface area contributed by atoms with Gasteiger partial charge in [-0.15, -0.1) is 0 Å². The molecular formula is C14H17F3N6O. The molecule has 2 aromatic heterocycles. The number of aliphatic imine (C=N–C) groups is 1. The van der Waals surface area contributed by atoms with Crippen LogP contribution in [0.3, 0.4) is 0 Å². The van der Waals surface area contributed by atoms with Crippen LogP contribution in [0, 0.1) is 0 Å². The molecule has 0 atom stereocenters. The first-order valence-corrected chi connectivity index (χ1v) is 7.23. The molecule has 7 nitrogen and oxygen atoms in total. The first kappa shape index (κ1) is 17.7. The molecule has 10 heteroatoms. The second kappa shape index (κ2) is 8.27. The Hall–Kier alpha value is -2.65. The summed E-state index contributed by atoms with van der Waals surface area (Å²) in [6.45, 7) is 0.155. The summed E-state index contributed by atoms with van der Waals surface area (Å²) in [5.41, 5.74) is 0.578. The second-order valence-electron chi connectivity index (χ2n) is 4.77. The van der Waals surface area contributed by atoms with Crippen molar-refractivity contribution in [3.8, 4) is 11.6 Å². The number of aromatic nitrogens is 3. The number of nitrogens with one attached hydrogen (secondary N) is 2. The minimum Gasteiger partial charge on any atom is -0.356 e. The van der Waals surface area contributed by atoms with Crippen LogP contribution in [0.4, 0.5) is 13.2 Å². The number of rotatable bonds is 6. The molecule has 2 rings (SSSR count). The molecule has 2 N–H and O–H groups in total. The Morgan fingerprint density at radius 1 is 1.25 bits per heavy atom. The minimum atomic E-state index is -4.20. The van der Waals surface area contributed by atoms with Crippen LogP contribution < -0.4 is 10.6 Å². The summed E-state index contributed by atoms with van der Waals surface area (Å²) in [7, 11) is 1.48. The SMILES string of the molecule is CN=C(NCCc1noc(-c2ccccn2)n1)NCCC(F)(F)F. The van der Waals surface area contributed by atoms with E-state index in [1.165, 1.54) is 7.05 Å². The molecule has 0 aliphatic rings. The lowest BCUT2D eigenvalue weighted by Crippen LogP contribution is -2.39. The standard InChI is InChI=1S/C14H17F3N6O/c1-18-13(21-9-6-14(15,16)17)20-8-5-11-22-12(24-23-11)10-4-2-3-7-19-10/h2-4,7H,5-6,8-9H2,1H3,(H2,18,20,21). The van der Waals surface area contributed by atoms with Crippen LogP contribution in [0.2, 0.25) is 0 Å². The quantitative estimate of drug-likeness (QED) is 0.615. The van der Waals surface area contributed by atoms with Gasteiger partial charge in [0.15, 0.2) is 11.8 Å². The molecule has 0 fully saturated rings. The van der Waals surface area contributed by atoms with E-state index in [9.17, 15) is 13.2 Å². The van der Waals surface area contributed by atoms with Crippen LogP contribution in [0.1, 0.15) is 12.2 Å². The van der Waals surface area contributed by atoms with E-state index in [-0.39, 0.29) is 12.5 Å². The van der Waals surface area contributed by atoms with Gasteiger partial charge < -0.3 is 15.2 Å². The maximum atomic E-state index is 12.1. The molecule has 0 unspecified atom stereocenters. The van der Waals surface area contributed by atoms with Crippen molar-refractivity contribution in [1.29, 1.82) is 0 Å². The van der Waals surface area contributed by atoms with E-state index in [1.54, 1.807) is 18.3 Å². The average molecular weight is 342 g/mol. The van der Waals surface area contributed by atoms with Gasteiger partial charge in [-0.05, 0) is 12.1 Å². The molecule has 0 bridgehead atoms. The molecule has 0 amide bonds. The summed E-state index contributed by atoms with van der Waals surface area (Å²) in [4.78, 5) is 12.2. The summed E-state index contributed by atoms with van der Waals surface area (Å²) in [5, 5.41) is 9.31. The zero-order valence-corrected chi connectivity index (χ0v) is 13.0. The number of guanidine groups is 1. The first-order chi connectivity index (χ1) is 11.5. The number of nitrogens with zero attached hydrogens (tertiary/aromatic N) is 4. The van der Waals surface area contributed by atoms with E-state index in [1.807, 2.05) is 6.07 Å². The number of pyridine rings is 1. The monoisotopic (exact) mass is 342 g/mol. The highest BCUT2D eigenvalue weighted by molar-refractivity contribution is 5.79. The second-order valence-corrected chi connectivity index (χ2v) is 4.77. The molecule has 0 radical (unpaired) electrons. The predicted molar refractivity (Wildman–Crippen MR) is 81.3 cm³/mol. The maximum absolute atomic E-state index is 12.1. The Labute approximate surface area is 136 Å². The smallest absolute Gasteiger partial charge is 0.356 e. The molecule has 130 valence electrons. The molecule has 24 heavy (non-hydrogen) atoms. The summed E-state index contributed by atoms with van der Waals surface area (Å²) in [6, 6.07) is 5.34. The molecule has 2 heterocycles. The van der Waals surface area contributed by atoms with Crippen molar-refractivity contribution in [1.82, 2.24) is 25.8 Å². The Kier molecular flexibility index (Phi) is 6.10.